The molecule has 0 amide bonds. The van der Waals surface area contributed by atoms with E-state index in [0.717, 1.165) is 19.1 Å². The Hall–Kier alpha value is -0.860. The molecule has 1 atom stereocenters. The van der Waals surface area contributed by atoms with E-state index in [1.807, 2.05) is 0 Å². The van der Waals surface area contributed by atoms with Gasteiger partial charge in [-0.3, -0.25) is 4.90 Å². The molecule has 2 heteroatoms. The van der Waals surface area contributed by atoms with Gasteiger partial charge >= 0.3 is 0 Å². The third-order valence-electron chi connectivity index (χ3n) is 4.14. The smallest absolute Gasteiger partial charge is 0.0475 e. The highest BCUT2D eigenvalue weighted by molar-refractivity contribution is 5.19. The molecule has 0 spiro atoms. The number of hydrogen-bond acceptors (Lipinski definition) is 2. The standard InChI is InChI=1S/C16H26N2/c1-3-18(15-11-7-8-12-15)16(13-17-2)14-9-5-4-6-10-14/h4-6,9-10,15-17H,3,7-8,11-13H2,1-2H3. The molecular formula is C16H26N2. The molecule has 0 radical (unpaired) electrons. The lowest BCUT2D eigenvalue weighted by Crippen LogP contribution is -2.40. The largest absolute Gasteiger partial charge is 0.318 e. The molecule has 1 aromatic carbocycles. The van der Waals surface area contributed by atoms with Crippen molar-refractivity contribution in [3.63, 3.8) is 0 Å². The molecule has 18 heavy (non-hydrogen) atoms. The molecule has 0 bridgehead atoms. The predicted molar refractivity (Wildman–Crippen MR) is 77.7 cm³/mol. The van der Waals surface area contributed by atoms with Crippen molar-refractivity contribution in [2.75, 3.05) is 20.1 Å². The summed E-state index contributed by atoms with van der Waals surface area (Å²) in [6.45, 7) is 4.48. The van der Waals surface area contributed by atoms with Gasteiger partial charge in [-0.05, 0) is 32.0 Å². The van der Waals surface area contributed by atoms with Crippen molar-refractivity contribution in [3.8, 4) is 0 Å². The van der Waals surface area contributed by atoms with Crippen molar-refractivity contribution in [1.29, 1.82) is 0 Å². The second kappa shape index (κ2) is 6.91. The fourth-order valence-corrected chi connectivity index (χ4v) is 3.26. The zero-order valence-corrected chi connectivity index (χ0v) is 11.7. The summed E-state index contributed by atoms with van der Waals surface area (Å²) in [7, 11) is 2.05. The van der Waals surface area contributed by atoms with Crippen LogP contribution in [0.15, 0.2) is 30.3 Å². The average molecular weight is 246 g/mol. The van der Waals surface area contributed by atoms with E-state index in [-0.39, 0.29) is 0 Å². The molecule has 1 fully saturated rings. The van der Waals surface area contributed by atoms with Gasteiger partial charge in [-0.1, -0.05) is 50.1 Å². The summed E-state index contributed by atoms with van der Waals surface area (Å²) >= 11 is 0. The molecule has 1 aliphatic carbocycles. The minimum Gasteiger partial charge on any atom is -0.318 e. The van der Waals surface area contributed by atoms with E-state index in [1.165, 1.54) is 31.2 Å². The summed E-state index contributed by atoms with van der Waals surface area (Å²) < 4.78 is 0. The van der Waals surface area contributed by atoms with Crippen LogP contribution in [0.3, 0.4) is 0 Å². The maximum Gasteiger partial charge on any atom is 0.0475 e. The molecule has 1 unspecified atom stereocenters. The van der Waals surface area contributed by atoms with Crippen LogP contribution in [0.4, 0.5) is 0 Å². The van der Waals surface area contributed by atoms with Gasteiger partial charge in [-0.2, -0.15) is 0 Å². The number of hydrogen-bond donors (Lipinski definition) is 1. The van der Waals surface area contributed by atoms with Crippen LogP contribution in [-0.4, -0.2) is 31.1 Å². The summed E-state index contributed by atoms with van der Waals surface area (Å²) in [5.41, 5.74) is 1.45. The highest BCUT2D eigenvalue weighted by atomic mass is 15.2. The SMILES string of the molecule is CCN(C1CCCC1)C(CNC)c1ccccc1. The summed E-state index contributed by atoms with van der Waals surface area (Å²) in [5.74, 6) is 0. The van der Waals surface area contributed by atoms with E-state index < -0.39 is 0 Å². The highest BCUT2D eigenvalue weighted by Crippen LogP contribution is 2.30. The molecule has 100 valence electrons. The van der Waals surface area contributed by atoms with E-state index in [9.17, 15) is 0 Å². The van der Waals surface area contributed by atoms with Crippen LogP contribution in [0, 0.1) is 0 Å². The number of nitrogens with zero attached hydrogens (tertiary/aromatic N) is 1. The lowest BCUT2D eigenvalue weighted by atomic mass is 10.0. The van der Waals surface area contributed by atoms with Gasteiger partial charge in [0, 0.05) is 18.6 Å². The van der Waals surface area contributed by atoms with Gasteiger partial charge in [0.25, 0.3) is 0 Å². The average Bonchev–Trinajstić information content (AvgIpc) is 2.94. The monoisotopic (exact) mass is 246 g/mol. The maximum absolute atomic E-state index is 3.36. The highest BCUT2D eigenvalue weighted by Gasteiger charge is 2.27. The summed E-state index contributed by atoms with van der Waals surface area (Å²) in [5, 5.41) is 3.36. The van der Waals surface area contributed by atoms with Crippen LogP contribution in [0.25, 0.3) is 0 Å². The Morgan fingerprint density at radius 3 is 2.44 bits per heavy atom. The van der Waals surface area contributed by atoms with E-state index in [1.54, 1.807) is 0 Å². The first-order valence-electron chi connectivity index (χ1n) is 7.32. The van der Waals surface area contributed by atoms with Crippen molar-refractivity contribution in [3.05, 3.63) is 35.9 Å². The Morgan fingerprint density at radius 2 is 1.89 bits per heavy atom. The lowest BCUT2D eigenvalue weighted by Gasteiger charge is -2.36. The second-order valence-corrected chi connectivity index (χ2v) is 5.25. The summed E-state index contributed by atoms with van der Waals surface area (Å²) in [6, 6.07) is 12.2. The van der Waals surface area contributed by atoms with Crippen LogP contribution < -0.4 is 5.32 Å². The Balaban J connectivity index is 2.16. The third kappa shape index (κ3) is 3.12. The molecule has 1 N–H and O–H groups in total. The quantitative estimate of drug-likeness (QED) is 0.829. The zero-order valence-electron chi connectivity index (χ0n) is 11.7. The van der Waals surface area contributed by atoms with Crippen LogP contribution in [0.5, 0.6) is 0 Å². The van der Waals surface area contributed by atoms with Gasteiger partial charge in [0.1, 0.15) is 0 Å². The Bertz CT molecular complexity index is 330. The second-order valence-electron chi connectivity index (χ2n) is 5.25. The predicted octanol–water partition coefficient (Wildman–Crippen LogP) is 3.21. The lowest BCUT2D eigenvalue weighted by molar-refractivity contribution is 0.142. The molecule has 0 aromatic heterocycles. The number of nitrogens with one attached hydrogen (secondary N) is 1. The minimum atomic E-state index is 0.518. The Kier molecular flexibility index (Phi) is 5.21. The van der Waals surface area contributed by atoms with E-state index in [2.05, 4.69) is 54.5 Å². The summed E-state index contributed by atoms with van der Waals surface area (Å²) in [6.07, 6.45) is 5.56. The van der Waals surface area contributed by atoms with Crippen LogP contribution in [-0.2, 0) is 0 Å². The van der Waals surface area contributed by atoms with Gasteiger partial charge in [0.05, 0.1) is 0 Å². The fraction of sp³-hybridized carbons (Fsp3) is 0.625. The molecule has 1 aromatic rings. The maximum atomic E-state index is 3.36. The minimum absolute atomic E-state index is 0.518. The molecule has 1 aliphatic rings. The number of likely N-dealkylation sites (N-methyl/N-ethyl adjacent to an activating group) is 2. The third-order valence-corrected chi connectivity index (χ3v) is 4.14. The summed E-state index contributed by atoms with van der Waals surface area (Å²) in [4.78, 5) is 2.69. The topological polar surface area (TPSA) is 15.3 Å². The number of rotatable bonds is 6. The molecule has 0 saturated heterocycles. The number of benzene rings is 1. The van der Waals surface area contributed by atoms with Gasteiger partial charge in [0.2, 0.25) is 0 Å². The van der Waals surface area contributed by atoms with Crippen molar-refractivity contribution in [1.82, 2.24) is 10.2 Å². The van der Waals surface area contributed by atoms with Gasteiger partial charge in [-0.25, -0.2) is 0 Å². The van der Waals surface area contributed by atoms with Gasteiger partial charge in [-0.15, -0.1) is 0 Å². The molecular weight excluding hydrogens is 220 g/mol. The van der Waals surface area contributed by atoms with E-state index in [4.69, 9.17) is 0 Å². The molecule has 2 rings (SSSR count). The normalized spacial score (nSPS) is 18.4. The zero-order chi connectivity index (χ0) is 12.8. The molecule has 1 saturated carbocycles. The molecule has 2 nitrogen and oxygen atoms in total. The van der Waals surface area contributed by atoms with Gasteiger partial charge in [0.15, 0.2) is 0 Å². The first-order valence-corrected chi connectivity index (χ1v) is 7.32. The fourth-order valence-electron chi connectivity index (χ4n) is 3.26. The van der Waals surface area contributed by atoms with Crippen molar-refractivity contribution in [2.45, 2.75) is 44.7 Å². The van der Waals surface area contributed by atoms with Gasteiger partial charge < -0.3 is 5.32 Å². The first-order chi connectivity index (χ1) is 8.86. The molecule has 0 heterocycles. The van der Waals surface area contributed by atoms with Crippen LogP contribution >= 0.6 is 0 Å². The van der Waals surface area contributed by atoms with Crippen molar-refractivity contribution in [2.24, 2.45) is 0 Å². The van der Waals surface area contributed by atoms with Crippen molar-refractivity contribution < 1.29 is 0 Å². The Labute approximate surface area is 111 Å². The van der Waals surface area contributed by atoms with E-state index in [0.29, 0.717) is 6.04 Å². The molecule has 0 aliphatic heterocycles. The first kappa shape index (κ1) is 13.6. The van der Waals surface area contributed by atoms with Crippen LogP contribution in [0.1, 0.15) is 44.2 Å². The van der Waals surface area contributed by atoms with Crippen LogP contribution in [0.2, 0.25) is 0 Å². The van der Waals surface area contributed by atoms with E-state index >= 15 is 0 Å². The Morgan fingerprint density at radius 1 is 1.22 bits per heavy atom. The van der Waals surface area contributed by atoms with Crippen molar-refractivity contribution >= 4 is 0 Å².